The van der Waals surface area contributed by atoms with Gasteiger partial charge in [0.1, 0.15) is 6.29 Å². The highest BCUT2D eigenvalue weighted by molar-refractivity contribution is 5.85. The molecule has 0 unspecified atom stereocenters. The van der Waals surface area contributed by atoms with Crippen LogP contribution in [-0.2, 0) is 51.2 Å². The number of aldehydes is 1. The van der Waals surface area contributed by atoms with Crippen molar-refractivity contribution in [1.29, 1.82) is 0 Å². The fourth-order valence-corrected chi connectivity index (χ4v) is 10.2. The molecule has 0 radical (unpaired) electrons. The molecule has 0 aliphatic carbocycles. The fraction of sp³-hybridized carbons (Fsp3) is 0.613. The first-order valence-corrected chi connectivity index (χ1v) is 29.4. The molecule has 442 valence electrons. The van der Waals surface area contributed by atoms with Crippen molar-refractivity contribution >= 4 is 69.4 Å². The first kappa shape index (κ1) is 66.0. The number of amides is 7. The minimum absolute atomic E-state index is 0.0336. The normalized spacial score (nSPS) is 14.6. The van der Waals surface area contributed by atoms with Crippen molar-refractivity contribution in [2.24, 2.45) is 17.8 Å². The number of hydrogen-bond acceptors (Lipinski definition) is 9. The fourth-order valence-electron chi connectivity index (χ4n) is 10.2. The number of hydrogen-bond donors (Lipinski definition) is 10. The summed E-state index contributed by atoms with van der Waals surface area (Å²) in [6.45, 7) is 17.8. The summed E-state index contributed by atoms with van der Waals surface area (Å²) in [4.78, 5) is 110. The van der Waals surface area contributed by atoms with E-state index in [0.717, 1.165) is 45.6 Å². The highest BCUT2D eigenvalue weighted by Gasteiger charge is 2.24. The number of benzene rings is 2. The van der Waals surface area contributed by atoms with E-state index in [0.29, 0.717) is 63.7 Å². The van der Waals surface area contributed by atoms with Crippen molar-refractivity contribution in [2.75, 3.05) is 7.05 Å². The van der Waals surface area contributed by atoms with Gasteiger partial charge in [0.05, 0.1) is 0 Å². The summed E-state index contributed by atoms with van der Waals surface area (Å²) in [5, 5.41) is 26.8. The topological polar surface area (TPSA) is 264 Å². The molecule has 2 aromatic carbocycles. The van der Waals surface area contributed by atoms with Crippen LogP contribution in [0.4, 0.5) is 0 Å². The number of fused-ring (bicyclic) bond motifs is 2. The lowest BCUT2D eigenvalue weighted by atomic mass is 9.97. The van der Waals surface area contributed by atoms with Crippen LogP contribution >= 0.6 is 0 Å². The van der Waals surface area contributed by atoms with Gasteiger partial charge in [-0.2, -0.15) is 0 Å². The lowest BCUT2D eigenvalue weighted by molar-refractivity contribution is -0.125. The van der Waals surface area contributed by atoms with E-state index in [1.54, 1.807) is 0 Å². The highest BCUT2D eigenvalue weighted by Crippen LogP contribution is 2.23. The Labute approximate surface area is 475 Å². The lowest BCUT2D eigenvalue weighted by Crippen LogP contribution is -2.42. The summed E-state index contributed by atoms with van der Waals surface area (Å²) >= 11 is 0. The molecule has 4 rings (SSSR count). The molecule has 8 atom stereocenters. The summed E-state index contributed by atoms with van der Waals surface area (Å²) in [5.41, 5.74) is 4.02. The molecule has 0 saturated heterocycles. The van der Waals surface area contributed by atoms with Gasteiger partial charge in [-0.05, 0) is 127 Å². The van der Waals surface area contributed by atoms with Crippen LogP contribution in [0, 0.1) is 17.8 Å². The van der Waals surface area contributed by atoms with Crippen molar-refractivity contribution in [2.45, 2.75) is 220 Å². The number of carbonyl (C=O) groups excluding carboxylic acids is 8. The average molecular weight is 1110 g/mol. The molecule has 0 aliphatic rings. The number of nitrogens with one attached hydrogen (secondary N) is 10. The van der Waals surface area contributed by atoms with Gasteiger partial charge < -0.3 is 57.3 Å². The largest absolute Gasteiger partial charge is 0.361 e. The SMILES string of the molecule is CN[C@H](CCC(=O)N[C@@H](C)CCC(=O)N[C@H](CCC(=O)N[C@H](CCC(=O)N[C@@H](C)CCC(=O)N[C@H](CCC(=O)N[C@@H](C)CCC(=O)N[C@H](CC=O)C(C)C)Cc1c[nH]c2ccccc12)C(C)C)Cc1c[nH]c2ccccc12)C(C)C. The Bertz CT molecular complexity index is 2590. The van der Waals surface area contributed by atoms with E-state index in [1.165, 1.54) is 0 Å². The third kappa shape index (κ3) is 24.0. The van der Waals surface area contributed by atoms with Crippen molar-refractivity contribution < 1.29 is 38.4 Å². The Balaban J connectivity index is 1.24. The van der Waals surface area contributed by atoms with Crippen molar-refractivity contribution in [1.82, 2.24) is 52.5 Å². The standard InChI is InChI=1S/C62H96N10O8/c1-39(2)51(63-10)24-31-57(75)67-42(7)19-26-60(78)70-48(36-46-38-65-55-18-14-12-16-50(46)55)23-30-62(80)71-52(40(3)4)25-32-58(76)68-43(8)20-27-59(77)69-47(35-45-37-64-54-17-13-11-15-49(45)54)22-29-56(74)66-44(9)21-28-61(79)72-53(33-34-73)41(5)6/h11-18,34,37-44,47-48,51-53,63-65H,19-33,35-36H2,1-10H3,(H,66,74)(H,67,75)(H,68,76)(H,69,77)(H,70,78)(H,71,80)(H,72,79)/t42-,43-,44-,47+,48+,51+,52+,53+/m0/s1. The van der Waals surface area contributed by atoms with Gasteiger partial charge in [-0.25, -0.2) is 0 Å². The third-order valence-electron chi connectivity index (χ3n) is 15.3. The number of para-hydroxylation sites is 2. The number of aromatic nitrogens is 2. The molecule has 2 heterocycles. The van der Waals surface area contributed by atoms with Crippen molar-refractivity contribution in [3.63, 3.8) is 0 Å². The van der Waals surface area contributed by atoms with Gasteiger partial charge in [0.25, 0.3) is 0 Å². The van der Waals surface area contributed by atoms with Crippen molar-refractivity contribution in [3.8, 4) is 0 Å². The summed E-state index contributed by atoms with van der Waals surface area (Å²) in [6.07, 6.45) is 10.7. The van der Waals surface area contributed by atoms with E-state index in [4.69, 9.17) is 0 Å². The Morgan fingerprint density at radius 2 is 0.738 bits per heavy atom. The smallest absolute Gasteiger partial charge is 0.220 e. The molecule has 0 spiro atoms. The second-order valence-electron chi connectivity index (χ2n) is 23.2. The minimum atomic E-state index is -0.353. The zero-order valence-corrected chi connectivity index (χ0v) is 49.5. The van der Waals surface area contributed by atoms with Crippen LogP contribution in [0.1, 0.15) is 170 Å². The molecule has 80 heavy (non-hydrogen) atoms. The molecular formula is C62H96N10O8. The predicted octanol–water partition coefficient (Wildman–Crippen LogP) is 7.49. The molecule has 7 amide bonds. The average Bonchev–Trinajstić information content (AvgIpc) is 4.07. The highest BCUT2D eigenvalue weighted by atomic mass is 16.2. The van der Waals surface area contributed by atoms with Crippen LogP contribution < -0.4 is 42.5 Å². The maximum atomic E-state index is 13.6. The number of carbonyl (C=O) groups is 8. The monoisotopic (exact) mass is 1110 g/mol. The molecule has 18 heteroatoms. The summed E-state index contributed by atoms with van der Waals surface area (Å²) in [7, 11) is 1.91. The molecule has 2 aromatic heterocycles. The minimum Gasteiger partial charge on any atom is -0.361 e. The van der Waals surface area contributed by atoms with Crippen LogP contribution in [0.5, 0.6) is 0 Å². The van der Waals surface area contributed by atoms with Gasteiger partial charge in [0.15, 0.2) is 0 Å². The first-order chi connectivity index (χ1) is 38.1. The second-order valence-corrected chi connectivity index (χ2v) is 23.2. The second kappa shape index (κ2) is 34.6. The van der Waals surface area contributed by atoms with Gasteiger partial charge in [0.2, 0.25) is 41.4 Å². The van der Waals surface area contributed by atoms with E-state index in [9.17, 15) is 38.4 Å². The number of H-pyrrole nitrogens is 2. The Morgan fingerprint density at radius 1 is 0.412 bits per heavy atom. The van der Waals surface area contributed by atoms with Crippen LogP contribution in [-0.4, -0.2) is 113 Å². The molecule has 0 saturated carbocycles. The third-order valence-corrected chi connectivity index (χ3v) is 15.3. The van der Waals surface area contributed by atoms with Crippen LogP contribution in [0.25, 0.3) is 21.8 Å². The quantitative estimate of drug-likeness (QED) is 0.0199. The van der Waals surface area contributed by atoms with E-state index in [-0.39, 0.29) is 146 Å². The van der Waals surface area contributed by atoms with Gasteiger partial charge >= 0.3 is 0 Å². The van der Waals surface area contributed by atoms with Gasteiger partial charge in [0, 0.05) is 134 Å². The van der Waals surface area contributed by atoms with Crippen LogP contribution in [0.2, 0.25) is 0 Å². The van der Waals surface area contributed by atoms with Gasteiger partial charge in [-0.15, -0.1) is 0 Å². The zero-order valence-electron chi connectivity index (χ0n) is 49.5. The summed E-state index contributed by atoms with van der Waals surface area (Å²) in [5.74, 6) is -0.503. The van der Waals surface area contributed by atoms with Gasteiger partial charge in [-0.3, -0.25) is 33.6 Å². The van der Waals surface area contributed by atoms with E-state index in [1.807, 2.05) is 116 Å². The zero-order chi connectivity index (χ0) is 58.7. The number of aromatic amines is 2. The molecular weight excluding hydrogens is 1010 g/mol. The Kier molecular flexibility index (Phi) is 28.5. The summed E-state index contributed by atoms with van der Waals surface area (Å²) < 4.78 is 0. The van der Waals surface area contributed by atoms with Crippen LogP contribution in [0.15, 0.2) is 60.9 Å². The van der Waals surface area contributed by atoms with Crippen molar-refractivity contribution in [3.05, 3.63) is 72.1 Å². The first-order valence-electron chi connectivity index (χ1n) is 29.4. The molecule has 0 aliphatic heterocycles. The van der Waals surface area contributed by atoms with Crippen LogP contribution in [0.3, 0.4) is 0 Å². The Morgan fingerprint density at radius 3 is 1.11 bits per heavy atom. The molecule has 0 fully saturated rings. The van der Waals surface area contributed by atoms with Gasteiger partial charge in [-0.1, -0.05) is 77.9 Å². The van der Waals surface area contributed by atoms with E-state index in [2.05, 4.69) is 66.3 Å². The summed E-state index contributed by atoms with van der Waals surface area (Å²) in [6, 6.07) is 14.2. The number of rotatable bonds is 38. The molecule has 4 aromatic rings. The molecule has 0 bridgehead atoms. The Hall–Kier alpha value is -6.56. The molecule has 10 N–H and O–H groups in total. The lowest BCUT2D eigenvalue weighted by Gasteiger charge is -2.24. The molecule has 18 nitrogen and oxygen atoms in total. The maximum absolute atomic E-state index is 13.6. The maximum Gasteiger partial charge on any atom is 0.220 e. The van der Waals surface area contributed by atoms with E-state index >= 15 is 0 Å². The van der Waals surface area contributed by atoms with E-state index < -0.39 is 0 Å². The predicted molar refractivity (Wildman–Crippen MR) is 317 cm³/mol.